The van der Waals surface area contributed by atoms with E-state index in [0.717, 1.165) is 13.7 Å². The fraction of sp³-hybridized carbons (Fsp3) is 0.538. The highest BCUT2D eigenvalue weighted by Crippen LogP contribution is 1.91. The van der Waals surface area contributed by atoms with Gasteiger partial charge in [-0.05, 0) is 20.8 Å². The normalized spacial score (nSPS) is 10.4. The first-order valence-corrected chi connectivity index (χ1v) is 6.62. The first-order valence-electron chi connectivity index (χ1n) is 6.62. The Hall–Kier alpha value is -2.38. The molecule has 1 aromatic rings. The van der Waals surface area contributed by atoms with Crippen LogP contribution in [0.3, 0.4) is 0 Å². The third-order valence-electron chi connectivity index (χ3n) is 2.91. The highest BCUT2D eigenvalue weighted by molar-refractivity contribution is 5.86. The molecule has 0 saturated carbocycles. The van der Waals surface area contributed by atoms with Gasteiger partial charge in [-0.25, -0.2) is 32.9 Å². The van der Waals surface area contributed by atoms with E-state index in [-0.39, 0.29) is 31.8 Å². The Labute approximate surface area is 120 Å². The van der Waals surface area contributed by atoms with Crippen molar-refractivity contribution in [1.82, 2.24) is 13.7 Å². The quantitative estimate of drug-likeness (QED) is 0.513. The number of nitrogens with zero attached hydrogens (tertiary/aromatic N) is 3. The van der Waals surface area contributed by atoms with Crippen molar-refractivity contribution < 1.29 is 9.53 Å². The maximum atomic E-state index is 12.1. The number of hydrogen-bond acceptors (Lipinski definition) is 5. The van der Waals surface area contributed by atoms with Gasteiger partial charge in [0.1, 0.15) is 6.61 Å². The molecule has 0 bridgehead atoms. The molecule has 0 saturated heterocycles. The second-order valence-electron chi connectivity index (χ2n) is 4.40. The number of aromatic nitrogens is 3. The molecular weight excluding hydrogens is 278 g/mol. The lowest BCUT2D eigenvalue weighted by molar-refractivity contribution is -0.139. The summed E-state index contributed by atoms with van der Waals surface area (Å²) in [5, 5.41) is 0. The van der Waals surface area contributed by atoms with Crippen molar-refractivity contribution in [3.05, 3.63) is 43.6 Å². The van der Waals surface area contributed by atoms with Crippen molar-refractivity contribution in [2.75, 3.05) is 6.61 Å². The zero-order chi connectivity index (χ0) is 16.2. The molecule has 8 heteroatoms. The summed E-state index contributed by atoms with van der Waals surface area (Å²) in [5.74, 6) is -0.595. The van der Waals surface area contributed by atoms with Crippen LogP contribution in [0.5, 0.6) is 0 Å². The Bertz CT molecular complexity index is 681. The smallest absolute Gasteiger partial charge is 0.336 e. The first kappa shape index (κ1) is 16.7. The van der Waals surface area contributed by atoms with Crippen LogP contribution in [0.15, 0.2) is 26.5 Å². The van der Waals surface area contributed by atoms with E-state index >= 15 is 0 Å². The largest absolute Gasteiger partial charge is 0.460 e. The Kier molecular flexibility index (Phi) is 5.45. The van der Waals surface area contributed by atoms with Gasteiger partial charge in [0.2, 0.25) is 0 Å². The molecule has 1 heterocycles. The fourth-order valence-corrected chi connectivity index (χ4v) is 1.77. The maximum Gasteiger partial charge on any atom is 0.336 e. The SMILES string of the molecule is C=C(C)C(=O)OCCn1c(=O)n(CC)c(=O)n(CC)c1=O. The number of carbonyl (C=O) groups is 1. The van der Waals surface area contributed by atoms with Gasteiger partial charge in [0.15, 0.2) is 0 Å². The Morgan fingerprint density at radius 1 is 1.00 bits per heavy atom. The number of esters is 1. The lowest BCUT2D eigenvalue weighted by Crippen LogP contribution is -2.54. The molecule has 0 N–H and O–H groups in total. The molecule has 0 aliphatic carbocycles. The van der Waals surface area contributed by atoms with Crippen LogP contribution in [0.25, 0.3) is 0 Å². The van der Waals surface area contributed by atoms with E-state index in [1.54, 1.807) is 13.8 Å². The second-order valence-corrected chi connectivity index (χ2v) is 4.40. The molecule has 0 atom stereocenters. The minimum Gasteiger partial charge on any atom is -0.460 e. The van der Waals surface area contributed by atoms with Crippen molar-refractivity contribution in [1.29, 1.82) is 0 Å². The van der Waals surface area contributed by atoms with E-state index in [2.05, 4.69) is 6.58 Å². The fourth-order valence-electron chi connectivity index (χ4n) is 1.77. The summed E-state index contributed by atoms with van der Waals surface area (Å²) in [6.07, 6.45) is 0. The third kappa shape index (κ3) is 3.39. The van der Waals surface area contributed by atoms with Gasteiger partial charge in [-0.1, -0.05) is 6.58 Å². The predicted molar refractivity (Wildman–Crippen MR) is 76.3 cm³/mol. The van der Waals surface area contributed by atoms with Crippen LogP contribution < -0.4 is 17.1 Å². The van der Waals surface area contributed by atoms with Gasteiger partial charge in [0.05, 0.1) is 6.54 Å². The van der Waals surface area contributed by atoms with Crippen molar-refractivity contribution in [2.24, 2.45) is 0 Å². The summed E-state index contributed by atoms with van der Waals surface area (Å²) in [7, 11) is 0. The highest BCUT2D eigenvalue weighted by Gasteiger charge is 2.13. The summed E-state index contributed by atoms with van der Waals surface area (Å²) in [4.78, 5) is 47.3. The van der Waals surface area contributed by atoms with Gasteiger partial charge in [-0.15, -0.1) is 0 Å². The molecule has 1 aromatic heterocycles. The summed E-state index contributed by atoms with van der Waals surface area (Å²) in [5.41, 5.74) is -1.82. The molecule has 0 aliphatic heterocycles. The molecule has 116 valence electrons. The summed E-state index contributed by atoms with van der Waals surface area (Å²) < 4.78 is 7.68. The Morgan fingerprint density at radius 2 is 1.43 bits per heavy atom. The van der Waals surface area contributed by atoms with Crippen LogP contribution >= 0.6 is 0 Å². The standard InChI is InChI=1S/C13H19N3O5/c1-5-14-11(18)15(6-2)13(20)16(12(14)19)7-8-21-10(17)9(3)4/h3,5-8H2,1-2,4H3. The summed E-state index contributed by atoms with van der Waals surface area (Å²) in [6.45, 7) is 8.25. The Morgan fingerprint density at radius 3 is 1.81 bits per heavy atom. The first-order chi connectivity index (χ1) is 9.84. The average Bonchev–Trinajstić information content (AvgIpc) is 2.43. The van der Waals surface area contributed by atoms with Gasteiger partial charge >= 0.3 is 23.0 Å². The molecule has 21 heavy (non-hydrogen) atoms. The van der Waals surface area contributed by atoms with Crippen molar-refractivity contribution in [2.45, 2.75) is 40.4 Å². The molecule has 0 fully saturated rings. The zero-order valence-electron chi connectivity index (χ0n) is 12.4. The van der Waals surface area contributed by atoms with Crippen molar-refractivity contribution in [3.8, 4) is 0 Å². The van der Waals surface area contributed by atoms with Crippen LogP contribution in [0.4, 0.5) is 0 Å². The zero-order valence-corrected chi connectivity index (χ0v) is 12.4. The molecule has 0 amide bonds. The van der Waals surface area contributed by atoms with Gasteiger partial charge < -0.3 is 4.74 Å². The number of hydrogen-bond donors (Lipinski definition) is 0. The monoisotopic (exact) mass is 297 g/mol. The minimum absolute atomic E-state index is 0.114. The molecular formula is C13H19N3O5. The molecule has 0 aliphatic rings. The minimum atomic E-state index is -0.705. The van der Waals surface area contributed by atoms with Gasteiger partial charge in [-0.3, -0.25) is 0 Å². The topological polar surface area (TPSA) is 92.3 Å². The van der Waals surface area contributed by atoms with Crippen LogP contribution in [-0.2, 0) is 29.2 Å². The van der Waals surface area contributed by atoms with E-state index in [1.165, 1.54) is 6.92 Å². The lowest BCUT2D eigenvalue weighted by Gasteiger charge is -2.12. The maximum absolute atomic E-state index is 12.1. The van der Waals surface area contributed by atoms with Crippen LogP contribution in [0.2, 0.25) is 0 Å². The van der Waals surface area contributed by atoms with Crippen LogP contribution in [0, 0.1) is 0 Å². The summed E-state index contributed by atoms with van der Waals surface area (Å²) in [6, 6.07) is 0. The van der Waals surface area contributed by atoms with Gasteiger partial charge in [-0.2, -0.15) is 0 Å². The van der Waals surface area contributed by atoms with Gasteiger partial charge in [0, 0.05) is 18.7 Å². The number of ether oxygens (including phenoxy) is 1. The molecule has 0 aromatic carbocycles. The number of rotatable bonds is 6. The van der Waals surface area contributed by atoms with E-state index in [9.17, 15) is 19.2 Å². The average molecular weight is 297 g/mol. The number of carbonyl (C=O) groups excluding carboxylic acids is 1. The van der Waals surface area contributed by atoms with E-state index in [1.807, 2.05) is 0 Å². The third-order valence-corrected chi connectivity index (χ3v) is 2.91. The van der Waals surface area contributed by atoms with Gasteiger partial charge in [0.25, 0.3) is 0 Å². The van der Waals surface area contributed by atoms with E-state index in [4.69, 9.17) is 4.74 Å². The molecule has 0 unspecified atom stereocenters. The second kappa shape index (κ2) is 6.87. The lowest BCUT2D eigenvalue weighted by atomic mass is 10.4. The predicted octanol–water partition coefficient (Wildman–Crippen LogP) is -0.669. The molecule has 8 nitrogen and oxygen atoms in total. The molecule has 0 radical (unpaired) electrons. The molecule has 1 rings (SSSR count). The van der Waals surface area contributed by atoms with E-state index < -0.39 is 23.0 Å². The van der Waals surface area contributed by atoms with E-state index in [0.29, 0.717) is 0 Å². The molecule has 0 spiro atoms. The van der Waals surface area contributed by atoms with Crippen LogP contribution in [0.1, 0.15) is 20.8 Å². The Balaban J connectivity index is 3.16. The highest BCUT2D eigenvalue weighted by atomic mass is 16.5. The van der Waals surface area contributed by atoms with Crippen LogP contribution in [-0.4, -0.2) is 26.3 Å². The van der Waals surface area contributed by atoms with Crippen molar-refractivity contribution >= 4 is 5.97 Å². The summed E-state index contributed by atoms with van der Waals surface area (Å²) >= 11 is 0. The van der Waals surface area contributed by atoms with Crippen molar-refractivity contribution in [3.63, 3.8) is 0 Å².